The molecule has 24 heavy (non-hydrogen) atoms. The summed E-state index contributed by atoms with van der Waals surface area (Å²) in [7, 11) is 1.69. The molecule has 2 aromatic heterocycles. The van der Waals surface area contributed by atoms with Gasteiger partial charge >= 0.3 is 0 Å². The lowest BCUT2D eigenvalue weighted by Crippen LogP contribution is -2.11. The summed E-state index contributed by atoms with van der Waals surface area (Å²) in [5.74, 6) is 0. The number of hydrogen-bond acceptors (Lipinski definition) is 6. The Morgan fingerprint density at radius 1 is 1.33 bits per heavy atom. The summed E-state index contributed by atoms with van der Waals surface area (Å²) < 4.78 is 2.39. The number of rotatable bonds is 4. The van der Waals surface area contributed by atoms with Crippen LogP contribution in [-0.4, -0.2) is 22.9 Å². The van der Waals surface area contributed by atoms with Crippen molar-refractivity contribution in [1.82, 2.24) is 4.68 Å². The fourth-order valence-electron chi connectivity index (χ4n) is 2.03. The number of non-ortho nitro benzene ring substituents is 1. The van der Waals surface area contributed by atoms with Crippen molar-refractivity contribution in [2.75, 3.05) is 7.05 Å². The monoisotopic (exact) mass is 378 g/mol. The first-order valence-corrected chi connectivity index (χ1v) is 8.84. The fraction of sp³-hybridized carbons (Fsp3) is 0.0667. The second-order valence-corrected chi connectivity index (χ2v) is 7.19. The predicted octanol–water partition coefficient (Wildman–Crippen LogP) is 4.25. The molecule has 0 aliphatic heterocycles. The van der Waals surface area contributed by atoms with E-state index in [1.54, 1.807) is 30.1 Å². The van der Waals surface area contributed by atoms with Gasteiger partial charge in [0.15, 0.2) is 0 Å². The molecular formula is C15H11ClN4O2S2. The summed E-state index contributed by atoms with van der Waals surface area (Å²) in [6.45, 7) is 0. The van der Waals surface area contributed by atoms with E-state index in [1.807, 2.05) is 17.5 Å². The highest BCUT2D eigenvalue weighted by atomic mass is 35.5. The molecule has 6 nitrogen and oxygen atoms in total. The van der Waals surface area contributed by atoms with Crippen LogP contribution in [0.15, 0.2) is 51.9 Å². The van der Waals surface area contributed by atoms with E-state index < -0.39 is 4.92 Å². The number of benzene rings is 1. The molecule has 0 unspecified atom stereocenters. The van der Waals surface area contributed by atoms with Gasteiger partial charge in [0.1, 0.15) is 0 Å². The van der Waals surface area contributed by atoms with Crippen molar-refractivity contribution in [2.24, 2.45) is 10.1 Å². The molecule has 0 fully saturated rings. The molecule has 0 bridgehead atoms. The first kappa shape index (κ1) is 16.6. The summed E-state index contributed by atoms with van der Waals surface area (Å²) in [5.41, 5.74) is 1.54. The highest BCUT2D eigenvalue weighted by molar-refractivity contribution is 7.19. The quantitative estimate of drug-likeness (QED) is 0.386. The van der Waals surface area contributed by atoms with Gasteiger partial charge in [-0.2, -0.15) is 5.10 Å². The third kappa shape index (κ3) is 3.45. The normalized spacial score (nSPS) is 12.2. The molecule has 3 aromatic rings. The Morgan fingerprint density at radius 2 is 2.17 bits per heavy atom. The summed E-state index contributed by atoms with van der Waals surface area (Å²) in [6.07, 6.45) is 1.58. The van der Waals surface area contributed by atoms with Gasteiger partial charge < -0.3 is 0 Å². The number of thiazole rings is 1. The second kappa shape index (κ2) is 7.08. The van der Waals surface area contributed by atoms with E-state index in [-0.39, 0.29) is 5.69 Å². The van der Waals surface area contributed by atoms with Crippen molar-refractivity contribution in [2.45, 2.75) is 0 Å². The van der Waals surface area contributed by atoms with Gasteiger partial charge in [-0.05, 0) is 12.1 Å². The first-order chi connectivity index (χ1) is 11.6. The van der Waals surface area contributed by atoms with Gasteiger partial charge in [0.05, 0.1) is 26.0 Å². The second-order valence-electron chi connectivity index (χ2n) is 4.64. The van der Waals surface area contributed by atoms with Gasteiger partial charge in [0.25, 0.3) is 5.69 Å². The predicted molar refractivity (Wildman–Crippen MR) is 98.2 cm³/mol. The standard InChI is InChI=1S/C15H11ClN4O2S2/c1-17-15-19(12(9-23-15)13-5-6-14(16)24-13)18-8-10-3-2-4-11(7-10)20(21)22/h2-9H,1H3/b17-15?,18-8+. The smallest absolute Gasteiger partial charge is 0.261 e. The SMILES string of the molecule is CN=c1scc(-c2ccc(Cl)s2)n1/N=C/c1cccc([N+](=O)[O-])c1. The minimum absolute atomic E-state index is 0.0277. The number of nitrogens with zero attached hydrogens (tertiary/aromatic N) is 4. The van der Waals surface area contributed by atoms with Crippen molar-refractivity contribution in [1.29, 1.82) is 0 Å². The Kier molecular flexibility index (Phi) is 4.89. The number of thiophene rings is 1. The minimum Gasteiger partial charge on any atom is -0.261 e. The molecule has 0 aliphatic carbocycles. The van der Waals surface area contributed by atoms with Crippen LogP contribution in [0.2, 0.25) is 4.34 Å². The number of nitro groups is 1. The summed E-state index contributed by atoms with van der Waals surface area (Å²) in [4.78, 5) is 16.3. The van der Waals surface area contributed by atoms with Gasteiger partial charge in [-0.25, -0.2) is 4.68 Å². The zero-order chi connectivity index (χ0) is 17.1. The van der Waals surface area contributed by atoms with Crippen LogP contribution in [0.25, 0.3) is 10.6 Å². The first-order valence-electron chi connectivity index (χ1n) is 6.76. The van der Waals surface area contributed by atoms with Crippen LogP contribution < -0.4 is 4.80 Å². The Bertz CT molecular complexity index is 987. The summed E-state index contributed by atoms with van der Waals surface area (Å²) >= 11 is 8.92. The Labute approximate surface area is 150 Å². The van der Waals surface area contributed by atoms with Crippen LogP contribution in [0.3, 0.4) is 0 Å². The lowest BCUT2D eigenvalue weighted by atomic mass is 10.2. The van der Waals surface area contributed by atoms with Crippen molar-refractivity contribution in [3.8, 4) is 10.6 Å². The van der Waals surface area contributed by atoms with Crippen molar-refractivity contribution >= 4 is 46.2 Å². The van der Waals surface area contributed by atoms with Gasteiger partial charge in [0.2, 0.25) is 4.80 Å². The fourth-order valence-corrected chi connectivity index (χ4v) is 3.94. The third-order valence-electron chi connectivity index (χ3n) is 3.11. The number of halogens is 1. The average Bonchev–Trinajstić information content (AvgIpc) is 3.18. The third-order valence-corrected chi connectivity index (χ3v) is 5.27. The van der Waals surface area contributed by atoms with E-state index in [0.717, 1.165) is 15.4 Å². The summed E-state index contributed by atoms with van der Waals surface area (Å²) in [6, 6.07) is 10.1. The average molecular weight is 379 g/mol. The lowest BCUT2D eigenvalue weighted by molar-refractivity contribution is -0.384. The van der Waals surface area contributed by atoms with E-state index in [4.69, 9.17) is 11.6 Å². The van der Waals surface area contributed by atoms with E-state index >= 15 is 0 Å². The van der Waals surface area contributed by atoms with Crippen molar-refractivity contribution in [3.63, 3.8) is 0 Å². The number of hydrogen-bond donors (Lipinski definition) is 0. The van der Waals surface area contributed by atoms with E-state index in [1.165, 1.54) is 34.8 Å². The number of nitro benzene ring substituents is 1. The van der Waals surface area contributed by atoms with Crippen LogP contribution in [0, 0.1) is 10.1 Å². The summed E-state index contributed by atoms with van der Waals surface area (Å²) in [5, 5.41) is 17.3. The van der Waals surface area contributed by atoms with E-state index in [0.29, 0.717) is 9.90 Å². The van der Waals surface area contributed by atoms with E-state index in [2.05, 4.69) is 10.1 Å². The minimum atomic E-state index is -0.430. The topological polar surface area (TPSA) is 72.8 Å². The van der Waals surface area contributed by atoms with Gasteiger partial charge in [-0.15, -0.1) is 22.7 Å². The Hall–Kier alpha value is -2.29. The maximum absolute atomic E-state index is 10.9. The van der Waals surface area contributed by atoms with Crippen molar-refractivity contribution in [3.05, 3.63) is 66.6 Å². The van der Waals surface area contributed by atoms with Crippen LogP contribution in [0.1, 0.15) is 5.56 Å². The van der Waals surface area contributed by atoms with Crippen LogP contribution >= 0.6 is 34.3 Å². The molecular weight excluding hydrogens is 368 g/mol. The van der Waals surface area contributed by atoms with Crippen LogP contribution in [0.4, 0.5) is 5.69 Å². The molecule has 0 N–H and O–H groups in total. The molecule has 0 saturated heterocycles. The van der Waals surface area contributed by atoms with Crippen LogP contribution in [-0.2, 0) is 0 Å². The Balaban J connectivity index is 2.02. The molecule has 2 heterocycles. The van der Waals surface area contributed by atoms with Gasteiger partial charge in [-0.3, -0.25) is 15.1 Å². The molecule has 0 amide bonds. The number of aromatic nitrogens is 1. The van der Waals surface area contributed by atoms with Crippen LogP contribution in [0.5, 0.6) is 0 Å². The highest BCUT2D eigenvalue weighted by Crippen LogP contribution is 2.31. The molecule has 0 radical (unpaired) electrons. The molecule has 9 heteroatoms. The maximum atomic E-state index is 10.9. The molecule has 0 atom stereocenters. The van der Waals surface area contributed by atoms with Crippen molar-refractivity contribution < 1.29 is 4.92 Å². The lowest BCUT2D eigenvalue weighted by Gasteiger charge is -2.00. The van der Waals surface area contributed by atoms with Gasteiger partial charge in [-0.1, -0.05) is 23.7 Å². The van der Waals surface area contributed by atoms with Gasteiger partial charge in [0, 0.05) is 30.1 Å². The molecule has 0 spiro atoms. The van der Waals surface area contributed by atoms with E-state index in [9.17, 15) is 10.1 Å². The zero-order valence-corrected chi connectivity index (χ0v) is 14.8. The molecule has 1 aromatic carbocycles. The molecule has 0 aliphatic rings. The molecule has 0 saturated carbocycles. The molecule has 122 valence electrons. The zero-order valence-electron chi connectivity index (χ0n) is 12.4. The largest absolute Gasteiger partial charge is 0.270 e. The Morgan fingerprint density at radius 3 is 2.83 bits per heavy atom. The highest BCUT2D eigenvalue weighted by Gasteiger charge is 2.10. The maximum Gasteiger partial charge on any atom is 0.270 e. The molecule has 3 rings (SSSR count).